The maximum absolute atomic E-state index is 13.7. The van der Waals surface area contributed by atoms with Crippen molar-refractivity contribution in [3.05, 3.63) is 40.5 Å². The van der Waals surface area contributed by atoms with Crippen molar-refractivity contribution in [2.45, 2.75) is 92.9 Å². The first-order valence-electron chi connectivity index (χ1n) is 12.2. The highest BCUT2D eigenvalue weighted by Gasteiger charge is 2.56. The molecule has 1 aromatic rings. The lowest BCUT2D eigenvalue weighted by atomic mass is 9.48. The van der Waals surface area contributed by atoms with Gasteiger partial charge in [-0.1, -0.05) is 56.5 Å². The van der Waals surface area contributed by atoms with Gasteiger partial charge in [0, 0.05) is 0 Å². The summed E-state index contributed by atoms with van der Waals surface area (Å²) in [7, 11) is 0. The third-order valence-electron chi connectivity index (χ3n) is 9.07. The van der Waals surface area contributed by atoms with E-state index < -0.39 is 5.41 Å². The van der Waals surface area contributed by atoms with Crippen molar-refractivity contribution in [1.29, 1.82) is 0 Å². The number of esters is 1. The van der Waals surface area contributed by atoms with Crippen LogP contribution in [0, 0.1) is 42.4 Å². The van der Waals surface area contributed by atoms with Crippen molar-refractivity contribution in [3.63, 3.8) is 0 Å². The van der Waals surface area contributed by atoms with E-state index in [0.717, 1.165) is 48.0 Å². The summed E-state index contributed by atoms with van der Waals surface area (Å²) in [5.41, 5.74) is 5.34. The summed E-state index contributed by atoms with van der Waals surface area (Å²) in [5, 5.41) is 0. The van der Waals surface area contributed by atoms with Crippen molar-refractivity contribution >= 4 is 5.97 Å². The Bertz CT molecular complexity index is 843. The second kappa shape index (κ2) is 7.84. The Labute approximate surface area is 183 Å². The highest BCUT2D eigenvalue weighted by molar-refractivity contribution is 5.80. The van der Waals surface area contributed by atoms with Crippen LogP contribution < -0.4 is 4.74 Å². The molecule has 1 saturated carbocycles. The van der Waals surface area contributed by atoms with Gasteiger partial charge in [0.2, 0.25) is 0 Å². The van der Waals surface area contributed by atoms with Crippen molar-refractivity contribution in [1.82, 2.24) is 0 Å². The lowest BCUT2D eigenvalue weighted by Crippen LogP contribution is -2.52. The molecule has 0 heterocycles. The van der Waals surface area contributed by atoms with Crippen LogP contribution in [0.5, 0.6) is 5.75 Å². The minimum atomic E-state index is -0.394. The van der Waals surface area contributed by atoms with Crippen LogP contribution in [0.15, 0.2) is 29.3 Å². The van der Waals surface area contributed by atoms with Crippen LogP contribution in [0.3, 0.4) is 0 Å². The zero-order valence-electron chi connectivity index (χ0n) is 19.9. The summed E-state index contributed by atoms with van der Waals surface area (Å²) in [5.74, 6) is 2.77. The predicted molar refractivity (Wildman–Crippen MR) is 124 cm³/mol. The Balaban J connectivity index is 1.63. The molecule has 0 saturated heterocycles. The molecular formula is C28H40O2. The first-order valence-corrected chi connectivity index (χ1v) is 12.2. The largest absolute Gasteiger partial charge is 0.426 e. The first kappa shape index (κ1) is 21.7. The van der Waals surface area contributed by atoms with Gasteiger partial charge in [-0.15, -0.1) is 0 Å². The molecule has 0 radical (unpaired) electrons. The molecule has 0 N–H and O–H groups in total. The Morgan fingerprint density at radius 2 is 1.77 bits per heavy atom. The molecule has 3 aliphatic rings. The lowest BCUT2D eigenvalue weighted by Gasteiger charge is -2.56. The van der Waals surface area contributed by atoms with E-state index in [4.69, 9.17) is 4.74 Å². The Kier molecular flexibility index (Phi) is 5.66. The predicted octanol–water partition coefficient (Wildman–Crippen LogP) is 7.57. The van der Waals surface area contributed by atoms with Crippen LogP contribution in [0.2, 0.25) is 0 Å². The Morgan fingerprint density at radius 1 is 1.07 bits per heavy atom. The monoisotopic (exact) mass is 408 g/mol. The topological polar surface area (TPSA) is 26.3 Å². The normalized spacial score (nSPS) is 33.8. The summed E-state index contributed by atoms with van der Waals surface area (Å²) >= 11 is 0. The average molecular weight is 409 g/mol. The molecule has 1 fully saturated rings. The van der Waals surface area contributed by atoms with E-state index in [-0.39, 0.29) is 11.4 Å². The third kappa shape index (κ3) is 3.45. The number of fused-ring (bicyclic) bond motifs is 2. The van der Waals surface area contributed by atoms with Gasteiger partial charge in [-0.3, -0.25) is 4.79 Å². The van der Waals surface area contributed by atoms with Gasteiger partial charge >= 0.3 is 5.97 Å². The Morgan fingerprint density at radius 3 is 2.43 bits per heavy atom. The number of allylic oxidation sites excluding steroid dienone is 2. The van der Waals surface area contributed by atoms with Gasteiger partial charge in [0.15, 0.2) is 0 Å². The molecule has 0 spiro atoms. The molecule has 0 bridgehead atoms. The van der Waals surface area contributed by atoms with Gasteiger partial charge < -0.3 is 4.74 Å². The highest BCUT2D eigenvalue weighted by Crippen LogP contribution is 2.62. The van der Waals surface area contributed by atoms with E-state index in [1.54, 1.807) is 11.1 Å². The minimum absolute atomic E-state index is 0.00394. The number of benzene rings is 1. The second-order valence-electron chi connectivity index (χ2n) is 11.2. The Hall–Kier alpha value is -1.57. The van der Waals surface area contributed by atoms with E-state index in [1.807, 2.05) is 32.0 Å². The van der Waals surface area contributed by atoms with Gasteiger partial charge in [-0.05, 0) is 100 Å². The van der Waals surface area contributed by atoms with Crippen LogP contribution in [0.1, 0.15) is 90.2 Å². The van der Waals surface area contributed by atoms with Crippen LogP contribution in [0.25, 0.3) is 0 Å². The quantitative estimate of drug-likeness (QED) is 0.293. The molecule has 2 nitrogen and oxygen atoms in total. The van der Waals surface area contributed by atoms with Crippen molar-refractivity contribution in [3.8, 4) is 5.75 Å². The van der Waals surface area contributed by atoms with E-state index in [2.05, 4.69) is 27.7 Å². The van der Waals surface area contributed by atoms with Crippen LogP contribution in [-0.2, 0) is 4.79 Å². The van der Waals surface area contributed by atoms with Crippen molar-refractivity contribution in [2.75, 3.05) is 0 Å². The molecular weight excluding hydrogens is 368 g/mol. The lowest BCUT2D eigenvalue weighted by molar-refractivity contribution is -0.156. The summed E-state index contributed by atoms with van der Waals surface area (Å²) in [4.78, 5) is 13.7. The first-order chi connectivity index (χ1) is 14.2. The van der Waals surface area contributed by atoms with Gasteiger partial charge in [-0.25, -0.2) is 0 Å². The molecule has 2 heteroatoms. The zero-order chi connectivity index (χ0) is 21.7. The van der Waals surface area contributed by atoms with Crippen LogP contribution in [0.4, 0.5) is 0 Å². The number of carbonyl (C=O) groups is 1. The fraction of sp³-hybridized carbons (Fsp3) is 0.679. The molecule has 0 amide bonds. The van der Waals surface area contributed by atoms with Gasteiger partial charge in [0.25, 0.3) is 0 Å². The zero-order valence-corrected chi connectivity index (χ0v) is 19.9. The SMILES string of the molecule is Cc1cccc(C)c1OC(=O)[C@]1(C)CCCC2(C)C3=C(CCC21)CC(C(C)C)CC3. The number of ether oxygens (including phenoxy) is 1. The summed E-state index contributed by atoms with van der Waals surface area (Å²) in [6.07, 6.45) is 9.48. The fourth-order valence-electron chi connectivity index (χ4n) is 7.16. The summed E-state index contributed by atoms with van der Waals surface area (Å²) in [6, 6.07) is 6.10. The van der Waals surface area contributed by atoms with Gasteiger partial charge in [-0.2, -0.15) is 0 Å². The number of hydrogen-bond acceptors (Lipinski definition) is 2. The number of rotatable bonds is 3. The van der Waals surface area contributed by atoms with E-state index >= 15 is 0 Å². The molecule has 164 valence electrons. The molecule has 1 aromatic carbocycles. The van der Waals surface area contributed by atoms with Crippen LogP contribution in [-0.4, -0.2) is 5.97 Å². The number of hydrogen-bond donors (Lipinski definition) is 0. The molecule has 4 rings (SSSR count). The minimum Gasteiger partial charge on any atom is -0.426 e. The smallest absolute Gasteiger partial charge is 0.317 e. The maximum Gasteiger partial charge on any atom is 0.317 e. The van der Waals surface area contributed by atoms with Gasteiger partial charge in [0.1, 0.15) is 5.75 Å². The van der Waals surface area contributed by atoms with E-state index in [1.165, 1.54) is 32.1 Å². The number of carbonyl (C=O) groups excluding carboxylic acids is 1. The fourth-order valence-corrected chi connectivity index (χ4v) is 7.16. The molecule has 30 heavy (non-hydrogen) atoms. The molecule has 0 aliphatic heterocycles. The van der Waals surface area contributed by atoms with Crippen molar-refractivity contribution < 1.29 is 9.53 Å². The average Bonchev–Trinajstić information content (AvgIpc) is 2.70. The molecule has 3 unspecified atom stereocenters. The second-order valence-corrected chi connectivity index (χ2v) is 11.2. The van der Waals surface area contributed by atoms with Crippen LogP contribution >= 0.6 is 0 Å². The number of aryl methyl sites for hydroxylation is 2. The third-order valence-corrected chi connectivity index (χ3v) is 9.07. The standard InChI is InChI=1S/C28H40O2/c1-18(2)21-11-13-23-22(17-21)12-14-24-27(23,5)15-8-16-28(24,6)26(29)30-25-19(3)9-7-10-20(25)4/h7,9-10,18,21,24H,8,11-17H2,1-6H3/t21?,24?,27?,28-/m1/s1. The van der Waals surface area contributed by atoms with Gasteiger partial charge in [0.05, 0.1) is 5.41 Å². The molecule has 0 aromatic heterocycles. The maximum atomic E-state index is 13.7. The highest BCUT2D eigenvalue weighted by atomic mass is 16.5. The van der Waals surface area contributed by atoms with E-state index in [0.29, 0.717) is 5.92 Å². The summed E-state index contributed by atoms with van der Waals surface area (Å²) < 4.78 is 6.14. The summed E-state index contributed by atoms with van der Waals surface area (Å²) in [6.45, 7) is 13.5. The van der Waals surface area contributed by atoms with E-state index in [9.17, 15) is 4.79 Å². The molecule has 4 atom stereocenters. The molecule has 3 aliphatic carbocycles. The number of para-hydroxylation sites is 1. The van der Waals surface area contributed by atoms with Crippen molar-refractivity contribution in [2.24, 2.45) is 28.6 Å².